The standard InChI is InChI=1S/C23H31N7O2/c1-23(2,3)19(24-4)22(31)29-13-11-28(12-14-29)18-8-10-30-20(27-18)17(15-26-30)16-7-6-9-25-21(16)32-5/h6-10,15,19,24H,11-14H2,1-5H3/t19-/m1/s1. The van der Waals surface area contributed by atoms with E-state index in [0.29, 0.717) is 19.0 Å². The molecule has 1 aliphatic heterocycles. The van der Waals surface area contributed by atoms with Gasteiger partial charge in [0.2, 0.25) is 11.8 Å². The van der Waals surface area contributed by atoms with E-state index in [4.69, 9.17) is 9.72 Å². The summed E-state index contributed by atoms with van der Waals surface area (Å²) in [5.74, 6) is 1.57. The molecular formula is C23H31N7O2. The van der Waals surface area contributed by atoms with Crippen molar-refractivity contribution in [2.75, 3.05) is 45.2 Å². The molecule has 9 heteroatoms. The monoisotopic (exact) mass is 437 g/mol. The van der Waals surface area contributed by atoms with Gasteiger partial charge in [-0.2, -0.15) is 5.10 Å². The number of hydrogen-bond acceptors (Lipinski definition) is 7. The van der Waals surface area contributed by atoms with E-state index >= 15 is 0 Å². The summed E-state index contributed by atoms with van der Waals surface area (Å²) >= 11 is 0. The fraction of sp³-hybridized carbons (Fsp3) is 0.478. The topological polar surface area (TPSA) is 87.9 Å². The van der Waals surface area contributed by atoms with Crippen LogP contribution >= 0.6 is 0 Å². The third-order valence-corrected chi connectivity index (χ3v) is 5.93. The van der Waals surface area contributed by atoms with Gasteiger partial charge >= 0.3 is 0 Å². The molecular weight excluding hydrogens is 406 g/mol. The van der Waals surface area contributed by atoms with Crippen LogP contribution in [0.5, 0.6) is 5.88 Å². The van der Waals surface area contributed by atoms with Gasteiger partial charge < -0.3 is 19.9 Å². The van der Waals surface area contributed by atoms with Crippen LogP contribution in [0.1, 0.15) is 20.8 Å². The molecule has 1 atom stereocenters. The molecule has 1 fully saturated rings. The first-order chi connectivity index (χ1) is 15.3. The lowest BCUT2D eigenvalue weighted by Gasteiger charge is -2.39. The lowest BCUT2D eigenvalue weighted by molar-refractivity contribution is -0.136. The van der Waals surface area contributed by atoms with Crippen LogP contribution in [0.15, 0.2) is 36.8 Å². The number of carbonyl (C=O) groups excluding carboxylic acids is 1. The van der Waals surface area contributed by atoms with Crippen LogP contribution in [0.2, 0.25) is 0 Å². The summed E-state index contributed by atoms with van der Waals surface area (Å²) in [5.41, 5.74) is 2.33. The highest BCUT2D eigenvalue weighted by Crippen LogP contribution is 2.31. The quantitative estimate of drug-likeness (QED) is 0.654. The zero-order valence-electron chi connectivity index (χ0n) is 19.4. The van der Waals surface area contributed by atoms with E-state index in [0.717, 1.165) is 35.7 Å². The molecule has 3 aromatic heterocycles. The number of rotatable bonds is 5. The Morgan fingerprint density at radius 3 is 2.56 bits per heavy atom. The molecule has 1 saturated heterocycles. The fourth-order valence-corrected chi connectivity index (χ4v) is 4.25. The molecule has 0 aliphatic carbocycles. The van der Waals surface area contributed by atoms with Gasteiger partial charge in [0.05, 0.1) is 24.9 Å². The van der Waals surface area contributed by atoms with Crippen LogP contribution in [0.25, 0.3) is 16.8 Å². The van der Waals surface area contributed by atoms with Gasteiger partial charge in [0.1, 0.15) is 5.82 Å². The van der Waals surface area contributed by atoms with Crippen LogP contribution in [0.3, 0.4) is 0 Å². The minimum Gasteiger partial charge on any atom is -0.481 e. The molecule has 4 rings (SSSR count). The predicted molar refractivity (Wildman–Crippen MR) is 124 cm³/mol. The maximum absolute atomic E-state index is 13.0. The third kappa shape index (κ3) is 4.12. The average Bonchev–Trinajstić information content (AvgIpc) is 3.21. The minimum absolute atomic E-state index is 0.138. The van der Waals surface area contributed by atoms with Crippen LogP contribution < -0.4 is 15.0 Å². The van der Waals surface area contributed by atoms with Gasteiger partial charge in [-0.1, -0.05) is 20.8 Å². The first-order valence-electron chi connectivity index (χ1n) is 10.9. The maximum Gasteiger partial charge on any atom is 0.240 e. The number of piperazine rings is 1. The van der Waals surface area contributed by atoms with Crippen molar-refractivity contribution < 1.29 is 9.53 Å². The van der Waals surface area contributed by atoms with Crippen molar-refractivity contribution in [2.45, 2.75) is 26.8 Å². The van der Waals surface area contributed by atoms with Crippen molar-refractivity contribution >= 4 is 17.4 Å². The molecule has 0 bridgehead atoms. The van der Waals surface area contributed by atoms with Crippen LogP contribution in [0.4, 0.5) is 5.82 Å². The summed E-state index contributed by atoms with van der Waals surface area (Å²) in [4.78, 5) is 26.4. The number of aromatic nitrogens is 4. The minimum atomic E-state index is -0.202. The molecule has 32 heavy (non-hydrogen) atoms. The lowest BCUT2D eigenvalue weighted by atomic mass is 9.86. The number of ether oxygens (including phenoxy) is 1. The highest BCUT2D eigenvalue weighted by atomic mass is 16.5. The summed E-state index contributed by atoms with van der Waals surface area (Å²) in [5, 5.41) is 7.62. The lowest BCUT2D eigenvalue weighted by Crippen LogP contribution is -2.57. The van der Waals surface area contributed by atoms with Gasteiger partial charge in [0.15, 0.2) is 5.65 Å². The van der Waals surface area contributed by atoms with Crippen molar-refractivity contribution in [1.82, 2.24) is 29.8 Å². The number of fused-ring (bicyclic) bond motifs is 1. The number of nitrogens with one attached hydrogen (secondary N) is 1. The Balaban J connectivity index is 1.54. The fourth-order valence-electron chi connectivity index (χ4n) is 4.25. The zero-order valence-corrected chi connectivity index (χ0v) is 19.4. The molecule has 0 saturated carbocycles. The first kappa shape index (κ1) is 22.0. The van der Waals surface area contributed by atoms with E-state index in [1.165, 1.54) is 0 Å². The van der Waals surface area contributed by atoms with E-state index in [2.05, 4.69) is 41.1 Å². The molecule has 1 N–H and O–H groups in total. The molecule has 1 amide bonds. The summed E-state index contributed by atoms with van der Waals surface area (Å²) in [6.07, 6.45) is 5.40. The Morgan fingerprint density at radius 1 is 1.16 bits per heavy atom. The first-order valence-corrected chi connectivity index (χ1v) is 10.9. The van der Waals surface area contributed by atoms with Crippen LogP contribution in [-0.2, 0) is 4.79 Å². The summed E-state index contributed by atoms with van der Waals surface area (Å²) in [6, 6.07) is 5.59. The second kappa shape index (κ2) is 8.74. The Hall–Kier alpha value is -3.20. The average molecular weight is 438 g/mol. The van der Waals surface area contributed by atoms with E-state index in [1.54, 1.807) is 24.0 Å². The molecule has 0 radical (unpaired) electrons. The number of hydrogen-bond donors (Lipinski definition) is 1. The van der Waals surface area contributed by atoms with Gasteiger partial charge in [-0.25, -0.2) is 14.5 Å². The Morgan fingerprint density at radius 2 is 1.91 bits per heavy atom. The highest BCUT2D eigenvalue weighted by Gasteiger charge is 2.34. The zero-order chi connectivity index (χ0) is 22.9. The number of methoxy groups -OCH3 is 1. The number of pyridine rings is 1. The van der Waals surface area contributed by atoms with E-state index < -0.39 is 0 Å². The number of anilines is 1. The maximum atomic E-state index is 13.0. The predicted octanol–water partition coefficient (Wildman–Crippen LogP) is 2.08. The number of likely N-dealkylation sites (N-methyl/N-ethyl adjacent to an activating group) is 1. The summed E-state index contributed by atoms with van der Waals surface area (Å²) in [7, 11) is 3.46. The summed E-state index contributed by atoms with van der Waals surface area (Å²) < 4.78 is 7.18. The summed E-state index contributed by atoms with van der Waals surface area (Å²) in [6.45, 7) is 9.06. The number of nitrogens with zero attached hydrogens (tertiary/aromatic N) is 6. The molecule has 3 aromatic rings. The van der Waals surface area contributed by atoms with E-state index in [-0.39, 0.29) is 17.4 Å². The largest absolute Gasteiger partial charge is 0.481 e. The molecule has 9 nitrogen and oxygen atoms in total. The second-order valence-corrected chi connectivity index (χ2v) is 9.07. The van der Waals surface area contributed by atoms with Crippen molar-refractivity contribution in [3.05, 3.63) is 36.8 Å². The molecule has 170 valence electrons. The Bertz CT molecular complexity index is 1100. The molecule has 4 heterocycles. The van der Waals surface area contributed by atoms with Gasteiger partial charge in [0.25, 0.3) is 0 Å². The second-order valence-electron chi connectivity index (χ2n) is 9.07. The third-order valence-electron chi connectivity index (χ3n) is 5.93. The number of carbonyl (C=O) groups is 1. The van der Waals surface area contributed by atoms with E-state index in [1.807, 2.05) is 36.3 Å². The molecule has 1 aliphatic rings. The van der Waals surface area contributed by atoms with Crippen LogP contribution in [-0.4, -0.2) is 76.8 Å². The van der Waals surface area contributed by atoms with Gasteiger partial charge in [0, 0.05) is 44.1 Å². The SMILES string of the molecule is CN[C@H](C(=O)N1CCN(c2ccn3ncc(-c4cccnc4OC)c3n2)CC1)C(C)(C)C. The molecule has 0 spiro atoms. The van der Waals surface area contributed by atoms with Crippen molar-refractivity contribution in [2.24, 2.45) is 5.41 Å². The normalized spacial score (nSPS) is 15.8. The van der Waals surface area contributed by atoms with Crippen LogP contribution in [0, 0.1) is 5.41 Å². The smallest absolute Gasteiger partial charge is 0.240 e. The van der Waals surface area contributed by atoms with Crippen molar-refractivity contribution in [1.29, 1.82) is 0 Å². The van der Waals surface area contributed by atoms with E-state index in [9.17, 15) is 4.79 Å². The Labute approximate surface area is 188 Å². The Kier molecular flexibility index (Phi) is 6.01. The van der Waals surface area contributed by atoms with Gasteiger partial charge in [-0.05, 0) is 30.7 Å². The molecule has 0 unspecified atom stereocenters. The van der Waals surface area contributed by atoms with Gasteiger partial charge in [-0.15, -0.1) is 0 Å². The van der Waals surface area contributed by atoms with Gasteiger partial charge in [-0.3, -0.25) is 4.79 Å². The van der Waals surface area contributed by atoms with Crippen molar-refractivity contribution in [3.63, 3.8) is 0 Å². The highest BCUT2D eigenvalue weighted by molar-refractivity contribution is 5.83. The van der Waals surface area contributed by atoms with Crippen molar-refractivity contribution in [3.8, 4) is 17.0 Å². The number of amides is 1. The molecule has 0 aromatic carbocycles.